The van der Waals surface area contributed by atoms with Crippen molar-refractivity contribution in [3.8, 4) is 11.5 Å². The molecule has 2 unspecified atom stereocenters. The molecule has 0 bridgehead atoms. The molecule has 1 aliphatic carbocycles. The van der Waals surface area contributed by atoms with Gasteiger partial charge in [-0.05, 0) is 24.1 Å². The molecule has 18 heavy (non-hydrogen) atoms. The Balaban J connectivity index is 1.98. The molecule has 1 aliphatic rings. The van der Waals surface area contributed by atoms with Crippen molar-refractivity contribution in [2.75, 3.05) is 14.2 Å². The monoisotopic (exact) mass is 250 g/mol. The smallest absolute Gasteiger partial charge is 0.224 e. The molecule has 1 aromatic carbocycles. The normalized spacial score (nSPS) is 21.3. The van der Waals surface area contributed by atoms with E-state index in [1.54, 1.807) is 20.3 Å². The van der Waals surface area contributed by atoms with E-state index in [1.807, 2.05) is 12.1 Å². The maximum Gasteiger partial charge on any atom is 0.224 e. The van der Waals surface area contributed by atoms with E-state index < -0.39 is 0 Å². The summed E-state index contributed by atoms with van der Waals surface area (Å²) in [5.74, 6) is 1.27. The SMILES string of the molecule is COc1ccc(CC(=O)NC2CC2N)cc1OC. The van der Waals surface area contributed by atoms with Gasteiger partial charge in [0.1, 0.15) is 0 Å². The molecule has 1 saturated carbocycles. The number of nitrogens with two attached hydrogens (primary N) is 1. The highest BCUT2D eigenvalue weighted by Crippen LogP contribution is 2.27. The van der Waals surface area contributed by atoms with Crippen molar-refractivity contribution in [2.24, 2.45) is 5.73 Å². The first-order valence-corrected chi connectivity index (χ1v) is 5.90. The second-order valence-electron chi connectivity index (χ2n) is 4.44. The van der Waals surface area contributed by atoms with Crippen LogP contribution in [0.3, 0.4) is 0 Å². The third-order valence-electron chi connectivity index (χ3n) is 3.00. The van der Waals surface area contributed by atoms with Crippen LogP contribution in [-0.2, 0) is 11.2 Å². The van der Waals surface area contributed by atoms with Crippen LogP contribution < -0.4 is 20.5 Å². The minimum Gasteiger partial charge on any atom is -0.493 e. The largest absolute Gasteiger partial charge is 0.493 e. The van der Waals surface area contributed by atoms with Crippen LogP contribution in [0.15, 0.2) is 18.2 Å². The van der Waals surface area contributed by atoms with E-state index in [4.69, 9.17) is 15.2 Å². The van der Waals surface area contributed by atoms with Gasteiger partial charge in [0.05, 0.1) is 20.6 Å². The standard InChI is InChI=1S/C13H18N2O3/c1-17-11-4-3-8(5-12(11)18-2)6-13(16)15-10-7-9(10)14/h3-5,9-10H,6-7,14H2,1-2H3,(H,15,16). The molecule has 2 rings (SSSR count). The van der Waals surface area contributed by atoms with Gasteiger partial charge >= 0.3 is 0 Å². The summed E-state index contributed by atoms with van der Waals surface area (Å²) in [6.45, 7) is 0. The third kappa shape index (κ3) is 2.92. The summed E-state index contributed by atoms with van der Waals surface area (Å²) in [6.07, 6.45) is 1.20. The molecule has 5 heteroatoms. The number of hydrogen-bond donors (Lipinski definition) is 2. The Hall–Kier alpha value is -1.75. The Morgan fingerprint density at radius 1 is 1.39 bits per heavy atom. The number of amides is 1. The van der Waals surface area contributed by atoms with E-state index in [1.165, 1.54) is 0 Å². The summed E-state index contributed by atoms with van der Waals surface area (Å²) in [7, 11) is 3.16. The van der Waals surface area contributed by atoms with Crippen molar-refractivity contribution >= 4 is 5.91 Å². The highest BCUT2D eigenvalue weighted by Gasteiger charge is 2.34. The van der Waals surface area contributed by atoms with Gasteiger partial charge in [0.2, 0.25) is 5.91 Å². The molecule has 0 spiro atoms. The molecule has 3 N–H and O–H groups in total. The van der Waals surface area contributed by atoms with Gasteiger partial charge in [-0.25, -0.2) is 0 Å². The minimum atomic E-state index is -0.0137. The Morgan fingerprint density at radius 3 is 2.61 bits per heavy atom. The van der Waals surface area contributed by atoms with Crippen LogP contribution in [0.5, 0.6) is 11.5 Å². The highest BCUT2D eigenvalue weighted by molar-refractivity contribution is 5.79. The molecule has 0 radical (unpaired) electrons. The molecular formula is C13H18N2O3. The number of benzene rings is 1. The molecule has 0 saturated heterocycles. The Bertz CT molecular complexity index is 448. The van der Waals surface area contributed by atoms with Gasteiger partial charge in [-0.2, -0.15) is 0 Å². The molecule has 0 aromatic heterocycles. The van der Waals surface area contributed by atoms with Crippen LogP contribution in [0.2, 0.25) is 0 Å². The van der Waals surface area contributed by atoms with Gasteiger partial charge in [0.15, 0.2) is 11.5 Å². The molecule has 5 nitrogen and oxygen atoms in total. The second-order valence-corrected chi connectivity index (χ2v) is 4.44. The maximum absolute atomic E-state index is 11.7. The van der Waals surface area contributed by atoms with Gasteiger partial charge < -0.3 is 20.5 Å². The number of rotatable bonds is 5. The van der Waals surface area contributed by atoms with Crippen molar-refractivity contribution in [3.63, 3.8) is 0 Å². The molecule has 98 valence electrons. The zero-order valence-corrected chi connectivity index (χ0v) is 10.6. The van der Waals surface area contributed by atoms with Crippen LogP contribution in [0.4, 0.5) is 0 Å². The predicted molar refractivity (Wildman–Crippen MR) is 67.8 cm³/mol. The lowest BCUT2D eigenvalue weighted by Gasteiger charge is -2.09. The maximum atomic E-state index is 11.7. The van der Waals surface area contributed by atoms with Crippen molar-refractivity contribution in [3.05, 3.63) is 23.8 Å². The zero-order chi connectivity index (χ0) is 13.1. The Morgan fingerprint density at radius 2 is 2.06 bits per heavy atom. The van der Waals surface area contributed by atoms with Gasteiger partial charge in [-0.3, -0.25) is 4.79 Å². The van der Waals surface area contributed by atoms with Crippen LogP contribution in [0, 0.1) is 0 Å². The van der Waals surface area contributed by atoms with Crippen LogP contribution in [0.25, 0.3) is 0 Å². The molecule has 0 aliphatic heterocycles. The fourth-order valence-corrected chi connectivity index (χ4v) is 1.81. The van der Waals surface area contributed by atoms with E-state index in [-0.39, 0.29) is 18.0 Å². The average Bonchev–Trinajstić information content (AvgIpc) is 3.04. The Kier molecular flexibility index (Phi) is 3.72. The Labute approximate surface area is 106 Å². The summed E-state index contributed by atoms with van der Waals surface area (Å²) in [6, 6.07) is 5.74. The lowest BCUT2D eigenvalue weighted by Crippen LogP contribution is -2.30. The highest BCUT2D eigenvalue weighted by atomic mass is 16.5. The summed E-state index contributed by atoms with van der Waals surface area (Å²) < 4.78 is 10.3. The molecule has 1 aromatic rings. The van der Waals surface area contributed by atoms with E-state index >= 15 is 0 Å². The second kappa shape index (κ2) is 5.27. The van der Waals surface area contributed by atoms with Crippen LogP contribution >= 0.6 is 0 Å². The number of nitrogens with one attached hydrogen (secondary N) is 1. The molecule has 1 fully saturated rings. The topological polar surface area (TPSA) is 73.6 Å². The van der Waals surface area contributed by atoms with E-state index in [0.717, 1.165) is 12.0 Å². The number of carbonyl (C=O) groups is 1. The van der Waals surface area contributed by atoms with Crippen LogP contribution in [-0.4, -0.2) is 32.2 Å². The number of carbonyl (C=O) groups excluding carboxylic acids is 1. The summed E-state index contributed by atoms with van der Waals surface area (Å²) in [5, 5.41) is 2.88. The lowest BCUT2D eigenvalue weighted by molar-refractivity contribution is -0.120. The lowest BCUT2D eigenvalue weighted by atomic mass is 10.1. The van der Waals surface area contributed by atoms with Gasteiger partial charge in [0, 0.05) is 12.1 Å². The zero-order valence-electron chi connectivity index (χ0n) is 10.6. The fraction of sp³-hybridized carbons (Fsp3) is 0.462. The van der Waals surface area contributed by atoms with E-state index in [2.05, 4.69) is 5.32 Å². The van der Waals surface area contributed by atoms with Crippen LogP contribution in [0.1, 0.15) is 12.0 Å². The van der Waals surface area contributed by atoms with Crippen molar-refractivity contribution in [1.82, 2.24) is 5.32 Å². The summed E-state index contributed by atoms with van der Waals surface area (Å²) in [5.41, 5.74) is 6.53. The summed E-state index contributed by atoms with van der Waals surface area (Å²) in [4.78, 5) is 11.7. The van der Waals surface area contributed by atoms with E-state index in [9.17, 15) is 4.79 Å². The minimum absolute atomic E-state index is 0.0137. The average molecular weight is 250 g/mol. The third-order valence-corrected chi connectivity index (χ3v) is 3.00. The first kappa shape index (κ1) is 12.7. The van der Waals surface area contributed by atoms with Gasteiger partial charge in [-0.15, -0.1) is 0 Å². The predicted octanol–water partition coefficient (Wildman–Crippen LogP) is 0.462. The quantitative estimate of drug-likeness (QED) is 0.796. The summed E-state index contributed by atoms with van der Waals surface area (Å²) >= 11 is 0. The first-order valence-electron chi connectivity index (χ1n) is 5.90. The fourth-order valence-electron chi connectivity index (χ4n) is 1.81. The van der Waals surface area contributed by atoms with Gasteiger partial charge in [0.25, 0.3) is 0 Å². The number of hydrogen-bond acceptors (Lipinski definition) is 4. The van der Waals surface area contributed by atoms with Crippen molar-refractivity contribution < 1.29 is 14.3 Å². The number of methoxy groups -OCH3 is 2. The molecular weight excluding hydrogens is 232 g/mol. The van der Waals surface area contributed by atoms with E-state index in [0.29, 0.717) is 17.9 Å². The molecule has 2 atom stereocenters. The van der Waals surface area contributed by atoms with Crippen molar-refractivity contribution in [1.29, 1.82) is 0 Å². The number of ether oxygens (including phenoxy) is 2. The van der Waals surface area contributed by atoms with Crippen molar-refractivity contribution in [2.45, 2.75) is 24.9 Å². The van der Waals surface area contributed by atoms with Gasteiger partial charge in [-0.1, -0.05) is 6.07 Å². The molecule has 1 amide bonds. The first-order chi connectivity index (χ1) is 8.63. The molecule has 0 heterocycles.